The second-order valence-electron chi connectivity index (χ2n) is 7.94. The summed E-state index contributed by atoms with van der Waals surface area (Å²) >= 11 is 0. The lowest BCUT2D eigenvalue weighted by molar-refractivity contribution is -0.385. The lowest BCUT2D eigenvalue weighted by Gasteiger charge is -2.08. The summed E-state index contributed by atoms with van der Waals surface area (Å²) in [6, 6.07) is 15.8. The van der Waals surface area contributed by atoms with Crippen molar-refractivity contribution in [1.29, 1.82) is 0 Å². The van der Waals surface area contributed by atoms with Crippen LogP contribution in [0.3, 0.4) is 0 Å². The van der Waals surface area contributed by atoms with Gasteiger partial charge in [0, 0.05) is 23.4 Å². The highest BCUT2D eigenvalue weighted by Gasteiger charge is 2.16. The molecule has 1 aromatic heterocycles. The number of non-ortho nitro benzene ring substituents is 1. The molecule has 8 heteroatoms. The van der Waals surface area contributed by atoms with Gasteiger partial charge in [-0.3, -0.25) is 15.1 Å². The number of phenolic OH excluding ortho intramolecular Hbond substituents is 1. The largest absolute Gasteiger partial charge is 0.504 e. The van der Waals surface area contributed by atoms with Gasteiger partial charge in [-0.05, 0) is 55.2 Å². The van der Waals surface area contributed by atoms with E-state index in [0.29, 0.717) is 23.1 Å². The van der Waals surface area contributed by atoms with E-state index in [0.717, 1.165) is 17.5 Å². The fraction of sp³-hybridized carbons (Fsp3) is 0.231. The van der Waals surface area contributed by atoms with Crippen molar-refractivity contribution >= 4 is 28.7 Å². The second kappa shape index (κ2) is 9.74. The number of nitro groups is 1. The molecule has 0 bridgehead atoms. The van der Waals surface area contributed by atoms with Crippen LogP contribution in [-0.4, -0.2) is 27.8 Å². The molecule has 0 saturated heterocycles. The summed E-state index contributed by atoms with van der Waals surface area (Å²) < 4.78 is 11.3. The Hall–Kier alpha value is -4.20. The molecule has 0 aliphatic rings. The third-order valence-corrected chi connectivity index (χ3v) is 5.64. The van der Waals surface area contributed by atoms with Crippen LogP contribution >= 0.6 is 0 Å². The van der Waals surface area contributed by atoms with E-state index in [9.17, 15) is 15.2 Å². The SMILES string of the molecule is CCOc1cc([N+](=O)[O-])cc(C=Nc2cccc(-c3nc4cc(C(C)CC)ccc4o3)c2)c1O. The van der Waals surface area contributed by atoms with E-state index in [1.54, 1.807) is 19.1 Å². The van der Waals surface area contributed by atoms with Gasteiger partial charge in [-0.2, -0.15) is 0 Å². The summed E-state index contributed by atoms with van der Waals surface area (Å²) in [7, 11) is 0. The van der Waals surface area contributed by atoms with Crippen molar-refractivity contribution in [1.82, 2.24) is 4.98 Å². The van der Waals surface area contributed by atoms with Crippen molar-refractivity contribution in [2.24, 2.45) is 4.99 Å². The summed E-state index contributed by atoms with van der Waals surface area (Å²) in [5, 5.41) is 21.7. The first-order valence-electron chi connectivity index (χ1n) is 11.1. The van der Waals surface area contributed by atoms with Crippen molar-refractivity contribution in [3.8, 4) is 23.0 Å². The number of aromatic hydroxyl groups is 1. The fourth-order valence-corrected chi connectivity index (χ4v) is 3.56. The molecule has 34 heavy (non-hydrogen) atoms. The monoisotopic (exact) mass is 459 g/mol. The number of hydrogen-bond donors (Lipinski definition) is 1. The minimum Gasteiger partial charge on any atom is -0.504 e. The Balaban J connectivity index is 1.65. The van der Waals surface area contributed by atoms with Crippen molar-refractivity contribution in [2.45, 2.75) is 33.1 Å². The van der Waals surface area contributed by atoms with Gasteiger partial charge in [0.2, 0.25) is 5.89 Å². The molecule has 0 spiro atoms. The first-order chi connectivity index (χ1) is 16.4. The number of oxazole rings is 1. The number of benzene rings is 3. The van der Waals surface area contributed by atoms with Gasteiger partial charge in [-0.15, -0.1) is 0 Å². The molecular formula is C26H25N3O5. The lowest BCUT2D eigenvalue weighted by atomic mass is 9.98. The number of hydrogen-bond acceptors (Lipinski definition) is 7. The van der Waals surface area contributed by atoms with Crippen LogP contribution in [0.5, 0.6) is 11.5 Å². The number of rotatable bonds is 8. The number of phenols is 1. The van der Waals surface area contributed by atoms with Gasteiger partial charge in [0.1, 0.15) is 5.52 Å². The van der Waals surface area contributed by atoms with Crippen LogP contribution in [0, 0.1) is 10.1 Å². The first kappa shape index (κ1) is 23.0. The molecule has 0 aliphatic heterocycles. The Morgan fingerprint density at radius 1 is 1.21 bits per heavy atom. The average molecular weight is 460 g/mol. The topological polar surface area (TPSA) is 111 Å². The zero-order valence-electron chi connectivity index (χ0n) is 19.2. The smallest absolute Gasteiger partial charge is 0.274 e. The molecule has 4 rings (SSSR count). The highest BCUT2D eigenvalue weighted by molar-refractivity contribution is 5.88. The van der Waals surface area contributed by atoms with Gasteiger partial charge in [0.15, 0.2) is 17.1 Å². The Labute approximate surface area is 196 Å². The predicted molar refractivity (Wildman–Crippen MR) is 131 cm³/mol. The summed E-state index contributed by atoms with van der Waals surface area (Å²) in [4.78, 5) is 19.8. The van der Waals surface area contributed by atoms with E-state index in [4.69, 9.17) is 9.15 Å². The van der Waals surface area contributed by atoms with Crippen molar-refractivity contribution in [2.75, 3.05) is 6.61 Å². The summed E-state index contributed by atoms with van der Waals surface area (Å²) in [6.07, 6.45) is 2.41. The number of aliphatic imine (C=N–C) groups is 1. The van der Waals surface area contributed by atoms with Gasteiger partial charge in [0.05, 0.1) is 23.3 Å². The highest BCUT2D eigenvalue weighted by Crippen LogP contribution is 2.34. The first-order valence-corrected chi connectivity index (χ1v) is 11.1. The van der Waals surface area contributed by atoms with Gasteiger partial charge in [-0.25, -0.2) is 4.98 Å². The third-order valence-electron chi connectivity index (χ3n) is 5.64. The van der Waals surface area contributed by atoms with Crippen LogP contribution in [0.1, 0.15) is 44.2 Å². The van der Waals surface area contributed by atoms with Crippen LogP contribution in [0.25, 0.3) is 22.6 Å². The summed E-state index contributed by atoms with van der Waals surface area (Å²) in [5.74, 6) is 0.749. The average Bonchev–Trinajstić information content (AvgIpc) is 3.27. The van der Waals surface area contributed by atoms with Gasteiger partial charge in [-0.1, -0.05) is 26.0 Å². The maximum atomic E-state index is 11.3. The molecule has 0 saturated carbocycles. The molecule has 1 N–H and O–H groups in total. The van der Waals surface area contributed by atoms with E-state index in [1.165, 1.54) is 23.9 Å². The summed E-state index contributed by atoms with van der Waals surface area (Å²) in [5.41, 5.74) is 4.03. The molecule has 1 unspecified atom stereocenters. The molecule has 8 nitrogen and oxygen atoms in total. The Morgan fingerprint density at radius 2 is 2.03 bits per heavy atom. The van der Waals surface area contributed by atoms with Gasteiger partial charge in [0.25, 0.3) is 5.69 Å². The molecular weight excluding hydrogens is 434 g/mol. The molecule has 174 valence electrons. The fourth-order valence-electron chi connectivity index (χ4n) is 3.56. The van der Waals surface area contributed by atoms with Crippen LogP contribution in [0.2, 0.25) is 0 Å². The minimum absolute atomic E-state index is 0.0372. The van der Waals surface area contributed by atoms with Crippen molar-refractivity contribution < 1.29 is 19.2 Å². The van der Waals surface area contributed by atoms with E-state index >= 15 is 0 Å². The Morgan fingerprint density at radius 3 is 2.76 bits per heavy atom. The van der Waals surface area contributed by atoms with E-state index in [2.05, 4.69) is 36.0 Å². The summed E-state index contributed by atoms with van der Waals surface area (Å²) in [6.45, 7) is 6.33. The van der Waals surface area contributed by atoms with E-state index in [1.807, 2.05) is 18.2 Å². The van der Waals surface area contributed by atoms with Crippen molar-refractivity contribution in [3.63, 3.8) is 0 Å². The van der Waals surface area contributed by atoms with Crippen LogP contribution < -0.4 is 4.74 Å². The molecule has 0 amide bonds. The Kier molecular flexibility index (Phi) is 6.58. The predicted octanol–water partition coefficient (Wildman–Crippen LogP) is 6.77. The maximum Gasteiger partial charge on any atom is 0.274 e. The molecule has 0 aliphatic carbocycles. The van der Waals surface area contributed by atoms with Crippen LogP contribution in [0.15, 0.2) is 64.0 Å². The normalized spacial score (nSPS) is 12.3. The van der Waals surface area contributed by atoms with E-state index in [-0.39, 0.29) is 29.4 Å². The standard InChI is InChI=1S/C26H25N3O5/c1-4-16(3)17-9-10-23-22(13-17)28-26(34-23)18-7-6-8-20(11-18)27-15-19-12-21(29(31)32)14-24(25(19)30)33-5-2/h6-16,30H,4-5H2,1-3H3. The number of aromatic nitrogens is 1. The minimum atomic E-state index is -0.542. The molecule has 0 radical (unpaired) electrons. The molecule has 3 aromatic carbocycles. The van der Waals surface area contributed by atoms with Gasteiger partial charge < -0.3 is 14.3 Å². The second-order valence-corrected chi connectivity index (χ2v) is 7.94. The molecule has 1 atom stereocenters. The maximum absolute atomic E-state index is 11.3. The molecule has 4 aromatic rings. The van der Waals surface area contributed by atoms with Gasteiger partial charge >= 0.3 is 0 Å². The number of ether oxygens (including phenoxy) is 1. The zero-order chi connectivity index (χ0) is 24.2. The lowest BCUT2D eigenvalue weighted by Crippen LogP contribution is -1.97. The molecule has 1 heterocycles. The molecule has 0 fully saturated rings. The van der Waals surface area contributed by atoms with Crippen LogP contribution in [-0.2, 0) is 0 Å². The van der Waals surface area contributed by atoms with Crippen molar-refractivity contribution in [3.05, 3.63) is 75.8 Å². The number of nitro benzene ring substituents is 1. The highest BCUT2D eigenvalue weighted by atomic mass is 16.6. The number of nitrogens with zero attached hydrogens (tertiary/aromatic N) is 3. The number of fused-ring (bicyclic) bond motifs is 1. The third kappa shape index (κ3) is 4.76. The van der Waals surface area contributed by atoms with E-state index < -0.39 is 4.92 Å². The zero-order valence-corrected chi connectivity index (χ0v) is 19.2. The Bertz CT molecular complexity index is 1380. The quantitative estimate of drug-likeness (QED) is 0.177. The van der Waals surface area contributed by atoms with Crippen LogP contribution in [0.4, 0.5) is 11.4 Å².